The molecule has 5 heteroatoms. The number of rotatable bonds is 2. The highest BCUT2D eigenvalue weighted by atomic mass is 16.2. The lowest BCUT2D eigenvalue weighted by atomic mass is 10.1. The lowest BCUT2D eigenvalue weighted by Crippen LogP contribution is -2.43. The number of hydrogen-bond donors (Lipinski definition) is 0. The van der Waals surface area contributed by atoms with E-state index < -0.39 is 0 Å². The Balaban J connectivity index is 1.99. The van der Waals surface area contributed by atoms with Gasteiger partial charge in [-0.05, 0) is 24.1 Å². The van der Waals surface area contributed by atoms with E-state index in [0.29, 0.717) is 12.1 Å². The van der Waals surface area contributed by atoms with Crippen LogP contribution in [0.2, 0.25) is 0 Å². The van der Waals surface area contributed by atoms with Crippen LogP contribution in [0.15, 0.2) is 47.4 Å². The molecular formula is C19H23N3O2. The molecule has 0 spiro atoms. The standard InChI is InChI=1S/C19H23N3O2/c1-4-16-13-21(3)17-8-6-5-7-15(17)12-22(16)19(24)14-9-10-20(2)18(23)11-14/h5-11,16H,4,12-13H2,1-3H3/t16-/m0/s1. The van der Waals surface area contributed by atoms with Crippen molar-refractivity contribution in [1.29, 1.82) is 0 Å². The van der Waals surface area contributed by atoms with Crippen molar-refractivity contribution in [2.75, 3.05) is 18.5 Å². The van der Waals surface area contributed by atoms with Gasteiger partial charge in [-0.3, -0.25) is 9.59 Å². The molecule has 1 aromatic carbocycles. The molecule has 1 aromatic heterocycles. The number of likely N-dealkylation sites (N-methyl/N-ethyl adjacent to an activating group) is 1. The number of fused-ring (bicyclic) bond motifs is 1. The molecule has 0 N–H and O–H groups in total. The maximum absolute atomic E-state index is 13.1. The number of aromatic nitrogens is 1. The van der Waals surface area contributed by atoms with Crippen LogP contribution in [0.25, 0.3) is 0 Å². The number of aryl methyl sites for hydroxylation is 1. The molecule has 2 aromatic rings. The van der Waals surface area contributed by atoms with Crippen molar-refractivity contribution in [1.82, 2.24) is 9.47 Å². The molecule has 1 atom stereocenters. The van der Waals surface area contributed by atoms with E-state index in [4.69, 9.17) is 0 Å². The van der Waals surface area contributed by atoms with E-state index in [2.05, 4.69) is 31.0 Å². The second kappa shape index (κ2) is 6.51. The van der Waals surface area contributed by atoms with Crippen molar-refractivity contribution in [2.24, 2.45) is 7.05 Å². The van der Waals surface area contributed by atoms with Crippen LogP contribution in [0, 0.1) is 0 Å². The van der Waals surface area contributed by atoms with Crippen molar-refractivity contribution >= 4 is 11.6 Å². The third kappa shape index (κ3) is 2.94. The fourth-order valence-corrected chi connectivity index (χ4v) is 3.28. The first-order valence-corrected chi connectivity index (χ1v) is 8.28. The zero-order valence-electron chi connectivity index (χ0n) is 14.4. The molecule has 0 bridgehead atoms. The van der Waals surface area contributed by atoms with Gasteiger partial charge in [-0.2, -0.15) is 0 Å². The van der Waals surface area contributed by atoms with Crippen molar-refractivity contribution in [3.05, 3.63) is 64.1 Å². The minimum atomic E-state index is -0.166. The number of anilines is 1. The topological polar surface area (TPSA) is 45.5 Å². The maximum atomic E-state index is 13.1. The zero-order chi connectivity index (χ0) is 17.3. The number of amides is 1. The van der Waals surface area contributed by atoms with Crippen molar-refractivity contribution < 1.29 is 4.79 Å². The molecule has 0 saturated heterocycles. The number of hydrogen-bond acceptors (Lipinski definition) is 3. The van der Waals surface area contributed by atoms with Gasteiger partial charge in [0.2, 0.25) is 0 Å². The van der Waals surface area contributed by atoms with Crippen LogP contribution in [0.5, 0.6) is 0 Å². The van der Waals surface area contributed by atoms with Gasteiger partial charge >= 0.3 is 0 Å². The third-order valence-electron chi connectivity index (χ3n) is 4.75. The Hall–Kier alpha value is -2.56. The molecule has 1 aliphatic heterocycles. The molecule has 3 rings (SSSR count). The predicted molar refractivity (Wildman–Crippen MR) is 95.3 cm³/mol. The Morgan fingerprint density at radius 2 is 1.96 bits per heavy atom. The second-order valence-electron chi connectivity index (χ2n) is 6.37. The van der Waals surface area contributed by atoms with Crippen molar-refractivity contribution in [2.45, 2.75) is 25.9 Å². The maximum Gasteiger partial charge on any atom is 0.254 e. The van der Waals surface area contributed by atoms with Gasteiger partial charge in [-0.25, -0.2) is 0 Å². The Morgan fingerprint density at radius 3 is 2.67 bits per heavy atom. The summed E-state index contributed by atoms with van der Waals surface area (Å²) in [7, 11) is 3.75. The number of carbonyl (C=O) groups excluding carboxylic acids is 1. The quantitative estimate of drug-likeness (QED) is 0.851. The Kier molecular flexibility index (Phi) is 4.42. The molecule has 1 aliphatic rings. The van der Waals surface area contributed by atoms with Gasteiger partial charge in [0, 0.05) is 56.7 Å². The summed E-state index contributed by atoms with van der Waals surface area (Å²) in [6.45, 7) is 3.44. The first kappa shape index (κ1) is 16.3. The molecular weight excluding hydrogens is 302 g/mol. The van der Waals surface area contributed by atoms with Crippen LogP contribution in [0.4, 0.5) is 5.69 Å². The van der Waals surface area contributed by atoms with Crippen LogP contribution in [0.1, 0.15) is 29.3 Å². The largest absolute Gasteiger partial charge is 0.372 e. The average molecular weight is 325 g/mol. The van der Waals surface area contributed by atoms with Gasteiger partial charge in [0.25, 0.3) is 11.5 Å². The summed E-state index contributed by atoms with van der Waals surface area (Å²) >= 11 is 0. The van der Waals surface area contributed by atoms with Crippen molar-refractivity contribution in [3.8, 4) is 0 Å². The monoisotopic (exact) mass is 325 g/mol. The van der Waals surface area contributed by atoms with Crippen LogP contribution < -0.4 is 10.5 Å². The normalized spacial score (nSPS) is 17.4. The van der Waals surface area contributed by atoms with Gasteiger partial charge in [0.1, 0.15) is 0 Å². The average Bonchev–Trinajstić information content (AvgIpc) is 2.73. The number of nitrogens with zero attached hydrogens (tertiary/aromatic N) is 3. The zero-order valence-corrected chi connectivity index (χ0v) is 14.4. The van der Waals surface area contributed by atoms with Gasteiger partial charge < -0.3 is 14.4 Å². The summed E-state index contributed by atoms with van der Waals surface area (Å²) in [4.78, 5) is 29.1. The van der Waals surface area contributed by atoms with Crippen LogP contribution in [-0.2, 0) is 13.6 Å². The molecule has 5 nitrogen and oxygen atoms in total. The van der Waals surface area contributed by atoms with Crippen LogP contribution in [0.3, 0.4) is 0 Å². The molecule has 1 amide bonds. The third-order valence-corrected chi connectivity index (χ3v) is 4.75. The second-order valence-corrected chi connectivity index (χ2v) is 6.37. The number of benzene rings is 1. The van der Waals surface area contributed by atoms with E-state index >= 15 is 0 Å². The van der Waals surface area contributed by atoms with E-state index in [9.17, 15) is 9.59 Å². The summed E-state index contributed by atoms with van der Waals surface area (Å²) in [6.07, 6.45) is 2.52. The van der Waals surface area contributed by atoms with E-state index in [-0.39, 0.29) is 17.5 Å². The number of para-hydroxylation sites is 1. The Bertz CT molecular complexity index is 812. The van der Waals surface area contributed by atoms with Gasteiger partial charge in [-0.1, -0.05) is 25.1 Å². The Morgan fingerprint density at radius 1 is 1.21 bits per heavy atom. The molecule has 126 valence electrons. The molecule has 0 radical (unpaired) electrons. The van der Waals surface area contributed by atoms with E-state index in [1.165, 1.54) is 10.6 Å². The SMILES string of the molecule is CC[C@H]1CN(C)c2ccccc2CN1C(=O)c1ccn(C)c(=O)c1. The smallest absolute Gasteiger partial charge is 0.254 e. The van der Waals surface area contributed by atoms with Crippen LogP contribution >= 0.6 is 0 Å². The fourth-order valence-electron chi connectivity index (χ4n) is 3.28. The summed E-state index contributed by atoms with van der Waals surface area (Å²) in [5, 5.41) is 0. The molecule has 0 saturated carbocycles. The highest BCUT2D eigenvalue weighted by Gasteiger charge is 2.29. The predicted octanol–water partition coefficient (Wildman–Crippen LogP) is 2.26. The van der Waals surface area contributed by atoms with Crippen LogP contribution in [-0.4, -0.2) is 35.0 Å². The first-order valence-electron chi connectivity index (χ1n) is 8.28. The van der Waals surface area contributed by atoms with Gasteiger partial charge in [0.05, 0.1) is 0 Å². The van der Waals surface area contributed by atoms with E-state index in [1.54, 1.807) is 19.3 Å². The lowest BCUT2D eigenvalue weighted by Gasteiger charge is -2.30. The summed E-state index contributed by atoms with van der Waals surface area (Å²) in [6, 6.07) is 11.4. The van der Waals surface area contributed by atoms with E-state index in [1.807, 2.05) is 17.0 Å². The summed E-state index contributed by atoms with van der Waals surface area (Å²) in [5.41, 5.74) is 2.59. The number of carbonyl (C=O) groups is 1. The van der Waals surface area contributed by atoms with Crippen molar-refractivity contribution in [3.63, 3.8) is 0 Å². The molecule has 24 heavy (non-hydrogen) atoms. The van der Waals surface area contributed by atoms with Gasteiger partial charge in [0.15, 0.2) is 0 Å². The fraction of sp³-hybridized carbons (Fsp3) is 0.368. The first-order chi connectivity index (χ1) is 11.5. The minimum absolute atomic E-state index is 0.0790. The lowest BCUT2D eigenvalue weighted by molar-refractivity contribution is 0.0667. The van der Waals surface area contributed by atoms with Gasteiger partial charge in [-0.15, -0.1) is 0 Å². The Labute approximate surface area is 142 Å². The molecule has 0 unspecified atom stereocenters. The minimum Gasteiger partial charge on any atom is -0.372 e. The highest BCUT2D eigenvalue weighted by Crippen LogP contribution is 2.27. The molecule has 0 aliphatic carbocycles. The summed E-state index contributed by atoms with van der Waals surface area (Å²) < 4.78 is 1.47. The number of pyridine rings is 1. The molecule has 2 heterocycles. The van der Waals surface area contributed by atoms with E-state index in [0.717, 1.165) is 24.2 Å². The molecule has 0 fully saturated rings. The highest BCUT2D eigenvalue weighted by molar-refractivity contribution is 5.94. The summed E-state index contributed by atoms with van der Waals surface area (Å²) in [5.74, 6) is -0.0790.